The highest BCUT2D eigenvalue weighted by molar-refractivity contribution is 5.70. The largest absolute Gasteiger partial charge is 0.493 e. The van der Waals surface area contributed by atoms with Gasteiger partial charge in [-0.25, -0.2) is 0 Å². The highest BCUT2D eigenvalue weighted by Gasteiger charge is 2.30. The van der Waals surface area contributed by atoms with E-state index in [-0.39, 0.29) is 18.4 Å². The van der Waals surface area contributed by atoms with Crippen LogP contribution in [0.25, 0.3) is 0 Å². The van der Waals surface area contributed by atoms with Gasteiger partial charge in [-0.3, -0.25) is 9.69 Å². The lowest BCUT2D eigenvalue weighted by Crippen LogP contribution is -2.26. The number of hydrogen-bond acceptors (Lipinski definition) is 6. The topological polar surface area (TPSA) is 74.0 Å². The van der Waals surface area contributed by atoms with Crippen LogP contribution in [0.1, 0.15) is 36.1 Å². The van der Waals surface area contributed by atoms with Crippen LogP contribution in [-0.4, -0.2) is 31.7 Å². The van der Waals surface area contributed by atoms with Gasteiger partial charge in [-0.15, -0.1) is 0 Å². The molecule has 0 fully saturated rings. The molecular weight excluding hydrogens is 344 g/mol. The van der Waals surface area contributed by atoms with Crippen LogP contribution in [0, 0.1) is 0 Å². The van der Waals surface area contributed by atoms with E-state index >= 15 is 0 Å². The number of ether oxygens (including phenoxy) is 3. The van der Waals surface area contributed by atoms with Gasteiger partial charge in [-0.1, -0.05) is 18.2 Å². The Morgan fingerprint density at radius 1 is 1.19 bits per heavy atom. The van der Waals surface area contributed by atoms with Crippen molar-refractivity contribution in [2.24, 2.45) is 0 Å². The van der Waals surface area contributed by atoms with E-state index in [0.29, 0.717) is 24.7 Å². The van der Waals surface area contributed by atoms with Crippen LogP contribution in [0.15, 0.2) is 36.4 Å². The summed E-state index contributed by atoms with van der Waals surface area (Å²) in [7, 11) is 3.03. The number of esters is 1. The molecule has 0 aromatic heterocycles. The first-order valence-electron chi connectivity index (χ1n) is 9.05. The fourth-order valence-corrected chi connectivity index (χ4v) is 3.56. The number of methoxy groups -OCH3 is 2. The minimum Gasteiger partial charge on any atom is -0.493 e. The highest BCUT2D eigenvalue weighted by atomic mass is 16.5. The number of carbonyl (C=O) groups is 1. The molecule has 144 valence electrons. The summed E-state index contributed by atoms with van der Waals surface area (Å²) in [5, 5.41) is 0. The second-order valence-electron chi connectivity index (χ2n) is 6.53. The van der Waals surface area contributed by atoms with Gasteiger partial charge >= 0.3 is 5.97 Å². The average molecular weight is 370 g/mol. The third kappa shape index (κ3) is 4.01. The Morgan fingerprint density at radius 2 is 2.00 bits per heavy atom. The minimum atomic E-state index is -0.252. The van der Waals surface area contributed by atoms with Crippen molar-refractivity contribution in [1.82, 2.24) is 4.90 Å². The summed E-state index contributed by atoms with van der Waals surface area (Å²) in [6.07, 6.45) is 0.252. The molecular formula is C21H26N2O4. The molecule has 0 saturated carbocycles. The Morgan fingerprint density at radius 3 is 2.67 bits per heavy atom. The summed E-state index contributed by atoms with van der Waals surface area (Å²) in [4.78, 5) is 14.3. The predicted molar refractivity (Wildman–Crippen MR) is 104 cm³/mol. The molecule has 1 unspecified atom stereocenters. The predicted octanol–water partition coefficient (Wildman–Crippen LogP) is 3.30. The Labute approximate surface area is 159 Å². The zero-order valence-electron chi connectivity index (χ0n) is 16.0. The molecule has 2 aromatic rings. The maximum atomic E-state index is 12.1. The number of anilines is 1. The fraction of sp³-hybridized carbons (Fsp3) is 0.381. The first-order valence-corrected chi connectivity index (χ1v) is 9.05. The summed E-state index contributed by atoms with van der Waals surface area (Å²) in [5.41, 5.74) is 10.2. The van der Waals surface area contributed by atoms with Crippen LogP contribution in [0.4, 0.5) is 5.69 Å². The number of fused-ring (bicyclic) bond motifs is 1. The molecule has 27 heavy (non-hydrogen) atoms. The standard InChI is InChI=1S/C21H26N2O4/c1-4-27-20-10-14(8-9-19(20)25-2)18(11-21(24)26-3)23-12-15-6-5-7-17(22)16(15)13-23/h5-10,18H,4,11-13,22H2,1-3H3. The van der Waals surface area contributed by atoms with Crippen LogP contribution in [0.5, 0.6) is 11.5 Å². The van der Waals surface area contributed by atoms with E-state index < -0.39 is 0 Å². The maximum Gasteiger partial charge on any atom is 0.307 e. The van der Waals surface area contributed by atoms with E-state index in [1.54, 1.807) is 7.11 Å². The molecule has 3 rings (SSSR count). The minimum absolute atomic E-state index is 0.144. The molecule has 1 aliphatic heterocycles. The van der Waals surface area contributed by atoms with Crippen LogP contribution in [0.3, 0.4) is 0 Å². The second-order valence-corrected chi connectivity index (χ2v) is 6.53. The molecule has 0 bridgehead atoms. The molecule has 2 N–H and O–H groups in total. The van der Waals surface area contributed by atoms with E-state index in [0.717, 1.165) is 23.4 Å². The molecule has 0 radical (unpaired) electrons. The van der Waals surface area contributed by atoms with Crippen molar-refractivity contribution in [3.8, 4) is 11.5 Å². The molecule has 1 atom stereocenters. The van der Waals surface area contributed by atoms with Gasteiger partial charge in [0.15, 0.2) is 11.5 Å². The molecule has 0 saturated heterocycles. The summed E-state index contributed by atoms with van der Waals surface area (Å²) in [6.45, 7) is 3.89. The zero-order valence-corrected chi connectivity index (χ0v) is 16.0. The van der Waals surface area contributed by atoms with Gasteiger partial charge in [0.1, 0.15) is 0 Å². The fourth-order valence-electron chi connectivity index (χ4n) is 3.56. The van der Waals surface area contributed by atoms with Gasteiger partial charge < -0.3 is 19.9 Å². The first kappa shape index (κ1) is 19.0. The smallest absolute Gasteiger partial charge is 0.307 e. The first-order chi connectivity index (χ1) is 13.1. The Kier molecular flexibility index (Phi) is 5.86. The van der Waals surface area contributed by atoms with Gasteiger partial charge in [0.05, 0.1) is 27.2 Å². The lowest BCUT2D eigenvalue weighted by molar-refractivity contribution is -0.142. The second kappa shape index (κ2) is 8.31. The van der Waals surface area contributed by atoms with Crippen molar-refractivity contribution in [1.29, 1.82) is 0 Å². The van der Waals surface area contributed by atoms with E-state index in [4.69, 9.17) is 19.9 Å². The molecule has 6 nitrogen and oxygen atoms in total. The normalized spacial score (nSPS) is 14.5. The van der Waals surface area contributed by atoms with E-state index in [2.05, 4.69) is 11.0 Å². The van der Waals surface area contributed by atoms with E-state index in [9.17, 15) is 4.79 Å². The van der Waals surface area contributed by atoms with Crippen molar-refractivity contribution < 1.29 is 19.0 Å². The van der Waals surface area contributed by atoms with Gasteiger partial charge in [0, 0.05) is 24.8 Å². The van der Waals surface area contributed by atoms with Crippen molar-refractivity contribution in [2.45, 2.75) is 32.5 Å². The summed E-state index contributed by atoms with van der Waals surface area (Å²) >= 11 is 0. The third-order valence-electron chi connectivity index (χ3n) is 4.94. The van der Waals surface area contributed by atoms with Crippen LogP contribution in [-0.2, 0) is 22.6 Å². The van der Waals surface area contributed by atoms with E-state index in [1.807, 2.05) is 37.3 Å². The average Bonchev–Trinajstić information content (AvgIpc) is 3.11. The molecule has 0 amide bonds. The molecule has 1 heterocycles. The van der Waals surface area contributed by atoms with Gasteiger partial charge in [0.2, 0.25) is 0 Å². The number of benzene rings is 2. The van der Waals surface area contributed by atoms with E-state index in [1.165, 1.54) is 12.7 Å². The van der Waals surface area contributed by atoms with Crippen molar-refractivity contribution in [2.75, 3.05) is 26.6 Å². The number of carbonyl (C=O) groups excluding carboxylic acids is 1. The Hall–Kier alpha value is -2.73. The SMILES string of the molecule is CCOc1cc(C(CC(=O)OC)N2Cc3cccc(N)c3C2)ccc1OC. The van der Waals surface area contributed by atoms with Crippen molar-refractivity contribution >= 4 is 11.7 Å². The van der Waals surface area contributed by atoms with Gasteiger partial charge in [-0.05, 0) is 41.8 Å². The monoisotopic (exact) mass is 370 g/mol. The Bertz CT molecular complexity index is 822. The molecule has 1 aliphatic rings. The summed E-state index contributed by atoms with van der Waals surface area (Å²) in [5.74, 6) is 1.09. The van der Waals surface area contributed by atoms with Gasteiger partial charge in [-0.2, -0.15) is 0 Å². The highest BCUT2D eigenvalue weighted by Crippen LogP contribution is 2.38. The lowest BCUT2D eigenvalue weighted by atomic mass is 10.0. The van der Waals surface area contributed by atoms with Crippen LogP contribution in [0.2, 0.25) is 0 Å². The zero-order chi connectivity index (χ0) is 19.4. The number of nitrogens with zero attached hydrogens (tertiary/aromatic N) is 1. The molecule has 0 spiro atoms. The van der Waals surface area contributed by atoms with Crippen molar-refractivity contribution in [3.05, 3.63) is 53.1 Å². The number of hydrogen-bond donors (Lipinski definition) is 1. The van der Waals surface area contributed by atoms with Crippen LogP contribution >= 0.6 is 0 Å². The lowest BCUT2D eigenvalue weighted by Gasteiger charge is -2.28. The Balaban J connectivity index is 1.94. The quantitative estimate of drug-likeness (QED) is 0.595. The number of nitrogen functional groups attached to an aromatic ring is 1. The summed E-state index contributed by atoms with van der Waals surface area (Å²) in [6, 6.07) is 11.6. The van der Waals surface area contributed by atoms with Gasteiger partial charge in [0.25, 0.3) is 0 Å². The molecule has 0 aliphatic carbocycles. The molecule has 2 aromatic carbocycles. The number of nitrogens with two attached hydrogens (primary N) is 1. The van der Waals surface area contributed by atoms with Crippen LogP contribution < -0.4 is 15.2 Å². The van der Waals surface area contributed by atoms with Crippen molar-refractivity contribution in [3.63, 3.8) is 0 Å². The third-order valence-corrected chi connectivity index (χ3v) is 4.94. The molecule has 6 heteroatoms. The maximum absolute atomic E-state index is 12.1. The number of rotatable bonds is 7. The summed E-state index contributed by atoms with van der Waals surface area (Å²) < 4.78 is 16.0.